The Morgan fingerprint density at radius 1 is 0.965 bits per heavy atom. The number of hydrogen-bond acceptors (Lipinski definition) is 8. The number of halogens is 3. The molecule has 5 heterocycles. The fourth-order valence-electron chi connectivity index (χ4n) is 9.05. The minimum atomic E-state index is -4.66. The van der Waals surface area contributed by atoms with Crippen molar-refractivity contribution >= 4 is 51.0 Å². The summed E-state index contributed by atoms with van der Waals surface area (Å²) in [6.45, 7) is 2.96. The fourth-order valence-corrected chi connectivity index (χ4v) is 9.05. The highest BCUT2D eigenvalue weighted by Gasteiger charge is 2.35. The van der Waals surface area contributed by atoms with Gasteiger partial charge in [-0.3, -0.25) is 33.5 Å². The van der Waals surface area contributed by atoms with Gasteiger partial charge in [0.05, 0.1) is 34.0 Å². The molecule has 2 N–H and O–H groups in total. The molecule has 3 amide bonds. The number of hydrogen-bond donors (Lipinski definition) is 2. The van der Waals surface area contributed by atoms with Crippen molar-refractivity contribution in [2.75, 3.05) is 43.9 Å². The molecule has 16 heteroatoms. The Kier molecular flexibility index (Phi) is 10.2. The van der Waals surface area contributed by atoms with Crippen molar-refractivity contribution in [3.8, 4) is 0 Å². The van der Waals surface area contributed by atoms with Gasteiger partial charge in [-0.05, 0) is 106 Å². The highest BCUT2D eigenvalue weighted by Crippen LogP contribution is 2.38. The SMILES string of the molecule is CN(C)c1cc2nn(C3CCC(CN4CCC(c5cccc6c5n(C)c(=O)n6C5CCC(=O)NC5=O)CC4)CC3)cc2cc1NC(=O)c1cccc(C(F)(F)F)n1. The molecule has 1 saturated carbocycles. The first kappa shape index (κ1) is 38.4. The zero-order chi connectivity index (χ0) is 40.2. The summed E-state index contributed by atoms with van der Waals surface area (Å²) in [5.74, 6) is -0.609. The number of aromatic nitrogens is 5. The highest BCUT2D eigenvalue weighted by molar-refractivity contribution is 6.06. The Hall–Kier alpha value is -5.51. The van der Waals surface area contributed by atoms with Gasteiger partial charge in [0.15, 0.2) is 0 Å². The zero-order valence-electron chi connectivity index (χ0n) is 32.2. The van der Waals surface area contributed by atoms with Crippen molar-refractivity contribution in [1.82, 2.24) is 34.1 Å². The van der Waals surface area contributed by atoms with Crippen LogP contribution in [0.3, 0.4) is 0 Å². The number of fused-ring (bicyclic) bond motifs is 2. The Balaban J connectivity index is 0.887. The third kappa shape index (κ3) is 7.54. The van der Waals surface area contributed by atoms with Gasteiger partial charge in [-0.1, -0.05) is 18.2 Å². The molecule has 57 heavy (non-hydrogen) atoms. The predicted molar refractivity (Wildman–Crippen MR) is 209 cm³/mol. The number of rotatable bonds is 8. The van der Waals surface area contributed by atoms with Crippen LogP contribution in [0.1, 0.15) is 91.1 Å². The lowest BCUT2D eigenvalue weighted by Crippen LogP contribution is -2.44. The number of piperidine rings is 2. The Labute approximate surface area is 326 Å². The van der Waals surface area contributed by atoms with Crippen LogP contribution < -0.4 is 21.2 Å². The molecule has 3 fully saturated rings. The molecule has 0 spiro atoms. The number of carbonyl (C=O) groups is 3. The molecule has 13 nitrogen and oxygen atoms in total. The van der Waals surface area contributed by atoms with Crippen LogP contribution in [0.5, 0.6) is 0 Å². The summed E-state index contributed by atoms with van der Waals surface area (Å²) in [5.41, 5.74) is 2.92. The third-order valence-electron chi connectivity index (χ3n) is 12.0. The van der Waals surface area contributed by atoms with Crippen LogP contribution in [0.4, 0.5) is 24.5 Å². The minimum absolute atomic E-state index is 0.206. The van der Waals surface area contributed by atoms with Crippen LogP contribution in [-0.4, -0.2) is 80.2 Å². The molecular weight excluding hydrogens is 740 g/mol. The summed E-state index contributed by atoms with van der Waals surface area (Å²) in [6.07, 6.45) is 3.90. The topological polar surface area (TPSA) is 139 Å². The number of anilines is 2. The monoisotopic (exact) mass is 785 g/mol. The van der Waals surface area contributed by atoms with E-state index in [2.05, 4.69) is 26.6 Å². The minimum Gasteiger partial charge on any atom is -0.376 e. The molecule has 2 aromatic carbocycles. The maximum atomic E-state index is 13.4. The standard InChI is InChI=1S/C41H46F3N9O4/c1-49(2)34-21-30-26(20-31(34)46-38(55)29-7-5-9-35(45-29)41(42,43)44)23-52(48-30)27-12-10-24(11-13-27)22-51-18-16-25(17-19-51)28-6-4-8-32-37(28)50(3)40(57)53(32)33-14-15-36(54)47-39(33)56/h4-9,20-21,23-25,27,33H,10-19,22H2,1-3H3,(H,46,55)(H,47,54,56). The van der Waals surface area contributed by atoms with Crippen LogP contribution in [0.15, 0.2) is 59.5 Å². The third-order valence-corrected chi connectivity index (χ3v) is 12.0. The lowest BCUT2D eigenvalue weighted by Gasteiger charge is -2.37. The summed E-state index contributed by atoms with van der Waals surface area (Å²) in [5, 5.41) is 10.9. The Morgan fingerprint density at radius 3 is 2.40 bits per heavy atom. The van der Waals surface area contributed by atoms with Gasteiger partial charge in [0, 0.05) is 45.7 Å². The van der Waals surface area contributed by atoms with Crippen LogP contribution in [0, 0.1) is 5.92 Å². The maximum absolute atomic E-state index is 13.4. The van der Waals surface area contributed by atoms with Gasteiger partial charge in [0.1, 0.15) is 17.4 Å². The maximum Gasteiger partial charge on any atom is 0.433 e. The van der Waals surface area contributed by atoms with E-state index < -0.39 is 29.7 Å². The van der Waals surface area contributed by atoms with E-state index in [0.29, 0.717) is 23.7 Å². The second-order valence-electron chi connectivity index (χ2n) is 15.9. The predicted octanol–water partition coefficient (Wildman–Crippen LogP) is 6.01. The van der Waals surface area contributed by atoms with Crippen LogP contribution in [-0.2, 0) is 22.8 Å². The van der Waals surface area contributed by atoms with Crippen molar-refractivity contribution in [3.05, 3.63) is 82.2 Å². The van der Waals surface area contributed by atoms with Crippen molar-refractivity contribution in [3.63, 3.8) is 0 Å². The number of alkyl halides is 3. The number of para-hydroxylation sites is 1. The number of carbonyl (C=O) groups excluding carboxylic acids is 3. The summed E-state index contributed by atoms with van der Waals surface area (Å²) < 4.78 is 44.9. The largest absolute Gasteiger partial charge is 0.433 e. The molecular formula is C41H46F3N9O4. The first-order chi connectivity index (χ1) is 27.2. The summed E-state index contributed by atoms with van der Waals surface area (Å²) in [6, 6.07) is 12.4. The number of nitrogens with one attached hydrogen (secondary N) is 2. The molecule has 1 atom stereocenters. The molecule has 8 rings (SSSR count). The number of aryl methyl sites for hydroxylation is 1. The molecule has 5 aromatic rings. The number of pyridine rings is 1. The second kappa shape index (κ2) is 15.1. The van der Waals surface area contributed by atoms with Gasteiger partial charge in [0.2, 0.25) is 11.8 Å². The van der Waals surface area contributed by atoms with Gasteiger partial charge in [0.25, 0.3) is 5.91 Å². The van der Waals surface area contributed by atoms with Gasteiger partial charge in [-0.25, -0.2) is 9.78 Å². The van der Waals surface area contributed by atoms with Gasteiger partial charge >= 0.3 is 11.9 Å². The average Bonchev–Trinajstić information content (AvgIpc) is 3.72. The van der Waals surface area contributed by atoms with E-state index in [-0.39, 0.29) is 35.7 Å². The van der Waals surface area contributed by atoms with Gasteiger partial charge < -0.3 is 15.1 Å². The van der Waals surface area contributed by atoms with Gasteiger partial charge in [-0.15, -0.1) is 0 Å². The molecule has 3 aliphatic rings. The molecule has 0 radical (unpaired) electrons. The molecule has 1 aliphatic carbocycles. The smallest absolute Gasteiger partial charge is 0.376 e. The number of nitrogens with zero attached hydrogens (tertiary/aromatic N) is 7. The van der Waals surface area contributed by atoms with E-state index in [0.717, 1.165) is 91.7 Å². The Bertz CT molecular complexity index is 2420. The molecule has 0 bridgehead atoms. The summed E-state index contributed by atoms with van der Waals surface area (Å²) in [4.78, 5) is 58.9. The van der Waals surface area contributed by atoms with Gasteiger partial charge in [-0.2, -0.15) is 18.3 Å². The molecule has 300 valence electrons. The van der Waals surface area contributed by atoms with E-state index in [1.807, 2.05) is 54.1 Å². The number of benzene rings is 2. The van der Waals surface area contributed by atoms with Crippen LogP contribution >= 0.6 is 0 Å². The van der Waals surface area contributed by atoms with Crippen molar-refractivity contribution in [2.45, 2.75) is 75.5 Å². The number of imidazole rings is 1. The average molecular weight is 786 g/mol. The van der Waals surface area contributed by atoms with Crippen molar-refractivity contribution in [1.29, 1.82) is 0 Å². The normalized spacial score (nSPS) is 21.3. The lowest BCUT2D eigenvalue weighted by atomic mass is 9.84. The van der Waals surface area contributed by atoms with E-state index in [1.54, 1.807) is 16.2 Å². The molecule has 2 saturated heterocycles. The first-order valence-electron chi connectivity index (χ1n) is 19.6. The van der Waals surface area contributed by atoms with Crippen LogP contribution in [0.2, 0.25) is 0 Å². The second-order valence-corrected chi connectivity index (χ2v) is 15.9. The summed E-state index contributed by atoms with van der Waals surface area (Å²) >= 11 is 0. The van der Waals surface area contributed by atoms with E-state index in [9.17, 15) is 32.3 Å². The number of likely N-dealkylation sites (tertiary alicyclic amines) is 1. The Morgan fingerprint density at radius 2 is 1.70 bits per heavy atom. The van der Waals surface area contributed by atoms with Crippen molar-refractivity contribution in [2.24, 2.45) is 13.0 Å². The van der Waals surface area contributed by atoms with Crippen LogP contribution in [0.25, 0.3) is 21.9 Å². The molecule has 3 aromatic heterocycles. The summed E-state index contributed by atoms with van der Waals surface area (Å²) in [7, 11) is 5.42. The molecule has 1 unspecified atom stereocenters. The van der Waals surface area contributed by atoms with E-state index in [1.165, 1.54) is 12.1 Å². The van der Waals surface area contributed by atoms with E-state index in [4.69, 9.17) is 5.10 Å². The van der Waals surface area contributed by atoms with Crippen molar-refractivity contribution < 1.29 is 27.6 Å². The first-order valence-corrected chi connectivity index (χ1v) is 19.6. The highest BCUT2D eigenvalue weighted by atomic mass is 19.4. The fraction of sp³-hybridized carbons (Fsp3) is 0.463. The lowest BCUT2D eigenvalue weighted by molar-refractivity contribution is -0.141. The number of amides is 3. The van der Waals surface area contributed by atoms with E-state index >= 15 is 0 Å². The molecule has 2 aliphatic heterocycles. The number of imide groups is 1. The zero-order valence-corrected chi connectivity index (χ0v) is 32.2. The quantitative estimate of drug-likeness (QED) is 0.183.